The second-order valence-corrected chi connectivity index (χ2v) is 5.25. The fourth-order valence-corrected chi connectivity index (χ4v) is 2.59. The third-order valence-corrected chi connectivity index (χ3v) is 3.75. The van der Waals surface area contributed by atoms with E-state index in [-0.39, 0.29) is 34.6 Å². The Bertz CT molecular complexity index is 531. The number of nitro groups is 1. The van der Waals surface area contributed by atoms with Gasteiger partial charge in [-0.05, 0) is 26.0 Å². The van der Waals surface area contributed by atoms with E-state index in [9.17, 15) is 14.9 Å². The monoisotopic (exact) mass is 333 g/mol. The number of hydrogen-bond acceptors (Lipinski definition) is 4. The van der Waals surface area contributed by atoms with Crippen LogP contribution in [0.25, 0.3) is 0 Å². The van der Waals surface area contributed by atoms with Crippen molar-refractivity contribution in [1.29, 1.82) is 0 Å². The molecule has 0 spiro atoms. The first kappa shape index (κ1) is 17.7. The number of nitrogens with zero attached hydrogens (tertiary/aromatic N) is 2. The Balaban J connectivity index is 0.00000220. The lowest BCUT2D eigenvalue weighted by atomic mass is 10.0. The largest absolute Gasteiger partial charge is 0.339 e. The Kier molecular flexibility index (Phi) is 6.39. The zero-order chi connectivity index (χ0) is 14.7. The number of carbonyl (C=O) groups excluding carboxylic acids is 1. The van der Waals surface area contributed by atoms with Crippen LogP contribution in [0.2, 0.25) is 5.02 Å². The molecule has 0 bridgehead atoms. The molecule has 0 radical (unpaired) electrons. The van der Waals surface area contributed by atoms with Crippen LogP contribution >= 0.6 is 24.0 Å². The van der Waals surface area contributed by atoms with Crippen molar-refractivity contribution < 1.29 is 9.72 Å². The van der Waals surface area contributed by atoms with Crippen molar-refractivity contribution in [3.8, 4) is 0 Å². The molecule has 8 heteroatoms. The quantitative estimate of drug-likeness (QED) is 0.681. The molecule has 1 N–H and O–H groups in total. The van der Waals surface area contributed by atoms with Crippen molar-refractivity contribution in [2.24, 2.45) is 0 Å². The predicted octanol–water partition coefficient (Wildman–Crippen LogP) is 2.49. The van der Waals surface area contributed by atoms with Crippen LogP contribution in [-0.2, 0) is 0 Å². The molecule has 2 rings (SSSR count). The van der Waals surface area contributed by atoms with E-state index in [1.165, 1.54) is 18.2 Å². The van der Waals surface area contributed by atoms with Crippen LogP contribution in [0.3, 0.4) is 0 Å². The van der Waals surface area contributed by atoms with E-state index in [0.29, 0.717) is 19.1 Å². The molecule has 1 aromatic carbocycles. The van der Waals surface area contributed by atoms with E-state index in [4.69, 9.17) is 11.6 Å². The van der Waals surface area contributed by atoms with Crippen molar-refractivity contribution in [1.82, 2.24) is 10.2 Å². The van der Waals surface area contributed by atoms with Crippen LogP contribution in [0.15, 0.2) is 18.2 Å². The minimum absolute atomic E-state index is 0. The molecule has 1 amide bonds. The molecule has 0 saturated carbocycles. The number of nitro benzene ring substituents is 1. The fourth-order valence-electron chi connectivity index (χ4n) is 2.36. The van der Waals surface area contributed by atoms with E-state index < -0.39 is 4.92 Å². The highest BCUT2D eigenvalue weighted by Gasteiger charge is 2.24. The van der Waals surface area contributed by atoms with Gasteiger partial charge in [0.25, 0.3) is 11.6 Å². The molecule has 0 atom stereocenters. The molecule has 0 aliphatic carbocycles. The fraction of sp³-hybridized carbons (Fsp3) is 0.462. The number of piperidine rings is 1. The van der Waals surface area contributed by atoms with E-state index in [0.717, 1.165) is 12.8 Å². The topological polar surface area (TPSA) is 75.5 Å². The molecule has 6 nitrogen and oxygen atoms in total. The number of nitrogens with one attached hydrogen (secondary N) is 1. The van der Waals surface area contributed by atoms with E-state index >= 15 is 0 Å². The van der Waals surface area contributed by atoms with Crippen molar-refractivity contribution in [3.63, 3.8) is 0 Å². The molecule has 1 aliphatic heterocycles. The Morgan fingerprint density at radius 3 is 2.52 bits per heavy atom. The number of amides is 1. The molecule has 1 aromatic rings. The van der Waals surface area contributed by atoms with Gasteiger partial charge in [0, 0.05) is 41.9 Å². The van der Waals surface area contributed by atoms with Crippen LogP contribution in [-0.4, -0.2) is 41.9 Å². The van der Waals surface area contributed by atoms with Crippen LogP contribution in [0.5, 0.6) is 0 Å². The summed E-state index contributed by atoms with van der Waals surface area (Å²) >= 11 is 5.84. The van der Waals surface area contributed by atoms with E-state index in [1.54, 1.807) is 4.90 Å². The second-order valence-electron chi connectivity index (χ2n) is 4.81. The molecule has 1 aliphatic rings. The summed E-state index contributed by atoms with van der Waals surface area (Å²) in [5.41, 5.74) is 0.109. The Morgan fingerprint density at radius 2 is 2.00 bits per heavy atom. The molecule has 0 aromatic heterocycles. The van der Waals surface area contributed by atoms with E-state index in [1.807, 2.05) is 7.05 Å². The van der Waals surface area contributed by atoms with Crippen LogP contribution in [0, 0.1) is 10.1 Å². The van der Waals surface area contributed by atoms with Gasteiger partial charge in [0.1, 0.15) is 0 Å². The van der Waals surface area contributed by atoms with Gasteiger partial charge in [-0.1, -0.05) is 11.6 Å². The summed E-state index contributed by atoms with van der Waals surface area (Å²) in [6.45, 7) is 1.29. The lowest BCUT2D eigenvalue weighted by Gasteiger charge is -2.31. The van der Waals surface area contributed by atoms with Crippen LogP contribution < -0.4 is 5.32 Å². The zero-order valence-electron chi connectivity index (χ0n) is 11.5. The first-order valence-electron chi connectivity index (χ1n) is 6.43. The van der Waals surface area contributed by atoms with Crippen molar-refractivity contribution in [3.05, 3.63) is 38.9 Å². The number of likely N-dealkylation sites (tertiary alicyclic amines) is 1. The third kappa shape index (κ3) is 4.30. The maximum absolute atomic E-state index is 12.3. The number of rotatable bonds is 3. The number of non-ortho nitro benzene ring substituents is 1. The van der Waals surface area contributed by atoms with Gasteiger partial charge in [-0.25, -0.2) is 0 Å². The highest BCUT2D eigenvalue weighted by Crippen LogP contribution is 2.23. The summed E-state index contributed by atoms with van der Waals surface area (Å²) in [4.78, 5) is 24.3. The summed E-state index contributed by atoms with van der Waals surface area (Å²) in [5.74, 6) is -0.204. The molecule has 1 saturated heterocycles. The lowest BCUT2D eigenvalue weighted by Crippen LogP contribution is -2.43. The van der Waals surface area contributed by atoms with Gasteiger partial charge in [0.05, 0.1) is 4.92 Å². The second kappa shape index (κ2) is 7.59. The average Bonchev–Trinajstić information content (AvgIpc) is 2.46. The van der Waals surface area contributed by atoms with Gasteiger partial charge in [-0.2, -0.15) is 0 Å². The highest BCUT2D eigenvalue weighted by atomic mass is 35.5. The Hall–Kier alpha value is -1.37. The predicted molar refractivity (Wildman–Crippen MR) is 83.3 cm³/mol. The summed E-state index contributed by atoms with van der Waals surface area (Å²) in [5, 5.41) is 14.2. The summed E-state index contributed by atoms with van der Waals surface area (Å²) in [6.07, 6.45) is 1.76. The molecule has 21 heavy (non-hydrogen) atoms. The molecule has 116 valence electrons. The summed E-state index contributed by atoms with van der Waals surface area (Å²) in [6, 6.07) is 4.41. The molecular weight excluding hydrogens is 317 g/mol. The van der Waals surface area contributed by atoms with Crippen molar-refractivity contribution >= 4 is 35.6 Å². The van der Waals surface area contributed by atoms with Crippen molar-refractivity contribution in [2.45, 2.75) is 18.9 Å². The van der Waals surface area contributed by atoms with Gasteiger partial charge in [0.15, 0.2) is 0 Å². The van der Waals surface area contributed by atoms with Gasteiger partial charge >= 0.3 is 0 Å². The molecule has 1 heterocycles. The zero-order valence-corrected chi connectivity index (χ0v) is 13.1. The van der Waals surface area contributed by atoms with Crippen LogP contribution in [0.4, 0.5) is 5.69 Å². The minimum atomic E-state index is -0.546. The first-order chi connectivity index (χ1) is 9.51. The highest BCUT2D eigenvalue weighted by molar-refractivity contribution is 6.31. The maximum atomic E-state index is 12.3. The van der Waals surface area contributed by atoms with Gasteiger partial charge in [0.2, 0.25) is 0 Å². The normalized spacial score (nSPS) is 15.4. The SMILES string of the molecule is CNC1CCN(C(=O)c2cc(Cl)cc([N+](=O)[O-])c2)CC1.Cl. The number of carbonyl (C=O) groups is 1. The van der Waals surface area contributed by atoms with Gasteiger partial charge in [-0.3, -0.25) is 14.9 Å². The summed E-state index contributed by atoms with van der Waals surface area (Å²) in [7, 11) is 1.91. The molecule has 1 fully saturated rings. The smallest absolute Gasteiger partial charge is 0.271 e. The minimum Gasteiger partial charge on any atom is -0.339 e. The lowest BCUT2D eigenvalue weighted by molar-refractivity contribution is -0.384. The number of halogens is 2. The average molecular weight is 334 g/mol. The molecular formula is C13H17Cl2N3O3. The number of benzene rings is 1. The van der Waals surface area contributed by atoms with Crippen molar-refractivity contribution in [2.75, 3.05) is 20.1 Å². The van der Waals surface area contributed by atoms with Gasteiger partial charge in [-0.15, -0.1) is 12.4 Å². The van der Waals surface area contributed by atoms with Crippen LogP contribution in [0.1, 0.15) is 23.2 Å². The molecule has 0 unspecified atom stereocenters. The first-order valence-corrected chi connectivity index (χ1v) is 6.80. The summed E-state index contributed by atoms with van der Waals surface area (Å²) < 4.78 is 0. The Morgan fingerprint density at radius 1 is 1.38 bits per heavy atom. The maximum Gasteiger partial charge on any atom is 0.271 e. The Labute approximate surface area is 134 Å². The standard InChI is InChI=1S/C13H16ClN3O3.ClH/c1-15-11-2-4-16(5-3-11)13(18)9-6-10(14)8-12(7-9)17(19)20;/h6-8,11,15H,2-5H2,1H3;1H. The third-order valence-electron chi connectivity index (χ3n) is 3.53. The number of hydrogen-bond donors (Lipinski definition) is 1. The van der Waals surface area contributed by atoms with E-state index in [2.05, 4.69) is 5.32 Å². The van der Waals surface area contributed by atoms with Gasteiger partial charge < -0.3 is 10.2 Å².